The van der Waals surface area contributed by atoms with Crippen LogP contribution >= 0.6 is 15.9 Å². The maximum atomic E-state index is 5.77. The second kappa shape index (κ2) is 5.25. The molecule has 1 aliphatic heterocycles. The molecule has 94 valence electrons. The molecule has 1 aromatic carbocycles. The van der Waals surface area contributed by atoms with E-state index in [2.05, 4.69) is 20.8 Å². The Hall–Kier alpha value is -0.780. The van der Waals surface area contributed by atoms with E-state index in [-0.39, 0.29) is 0 Å². The zero-order valence-electron chi connectivity index (χ0n) is 10.1. The van der Waals surface area contributed by atoms with E-state index >= 15 is 0 Å². The molecule has 1 heterocycles. The zero-order valence-corrected chi connectivity index (χ0v) is 11.7. The molecule has 2 N–H and O–H groups in total. The Morgan fingerprint density at radius 1 is 1.29 bits per heavy atom. The summed E-state index contributed by atoms with van der Waals surface area (Å²) in [7, 11) is 3.34. The van der Waals surface area contributed by atoms with Gasteiger partial charge in [-0.3, -0.25) is 4.90 Å². The van der Waals surface area contributed by atoms with Crippen LogP contribution in [0.5, 0.6) is 11.5 Å². The number of hydrogen-bond acceptors (Lipinski definition) is 4. The van der Waals surface area contributed by atoms with Gasteiger partial charge in [-0.2, -0.15) is 0 Å². The van der Waals surface area contributed by atoms with Crippen LogP contribution in [0.3, 0.4) is 0 Å². The van der Waals surface area contributed by atoms with Crippen molar-refractivity contribution in [2.75, 3.05) is 27.3 Å². The van der Waals surface area contributed by atoms with E-state index in [0.717, 1.165) is 41.2 Å². The fourth-order valence-corrected chi connectivity index (χ4v) is 2.51. The number of rotatable bonds is 4. The molecule has 0 bridgehead atoms. The number of ether oxygens (including phenoxy) is 2. The molecule has 0 amide bonds. The molecule has 0 aliphatic carbocycles. The largest absolute Gasteiger partial charge is 0.496 e. The Bertz CT molecular complexity index is 406. The summed E-state index contributed by atoms with van der Waals surface area (Å²) < 4.78 is 11.6. The zero-order chi connectivity index (χ0) is 12.4. The third-order valence-electron chi connectivity index (χ3n) is 2.93. The van der Waals surface area contributed by atoms with Crippen molar-refractivity contribution in [3.63, 3.8) is 0 Å². The number of halogens is 1. The third kappa shape index (κ3) is 2.73. The predicted octanol–water partition coefficient (Wildman–Crippen LogP) is 1.61. The van der Waals surface area contributed by atoms with Gasteiger partial charge in [0.25, 0.3) is 0 Å². The van der Waals surface area contributed by atoms with E-state index in [9.17, 15) is 0 Å². The van der Waals surface area contributed by atoms with Gasteiger partial charge in [0, 0.05) is 31.2 Å². The van der Waals surface area contributed by atoms with Crippen LogP contribution in [0, 0.1) is 0 Å². The molecule has 1 saturated heterocycles. The van der Waals surface area contributed by atoms with Crippen molar-refractivity contribution >= 4 is 15.9 Å². The van der Waals surface area contributed by atoms with Crippen LogP contribution in [-0.4, -0.2) is 38.3 Å². The summed E-state index contributed by atoms with van der Waals surface area (Å²) in [5.74, 6) is 1.70. The van der Waals surface area contributed by atoms with Crippen LogP contribution in [0.1, 0.15) is 5.56 Å². The maximum Gasteiger partial charge on any atom is 0.133 e. The molecule has 1 fully saturated rings. The Morgan fingerprint density at radius 2 is 1.94 bits per heavy atom. The van der Waals surface area contributed by atoms with Gasteiger partial charge in [-0.1, -0.05) is 0 Å². The van der Waals surface area contributed by atoms with Gasteiger partial charge < -0.3 is 15.2 Å². The molecular formula is C12H17BrN2O2. The van der Waals surface area contributed by atoms with Crippen molar-refractivity contribution in [3.8, 4) is 11.5 Å². The molecule has 1 aromatic rings. The molecule has 0 radical (unpaired) electrons. The monoisotopic (exact) mass is 300 g/mol. The molecule has 17 heavy (non-hydrogen) atoms. The van der Waals surface area contributed by atoms with Gasteiger partial charge >= 0.3 is 0 Å². The van der Waals surface area contributed by atoms with Crippen molar-refractivity contribution < 1.29 is 9.47 Å². The highest BCUT2D eigenvalue weighted by Crippen LogP contribution is 2.33. The van der Waals surface area contributed by atoms with Crippen LogP contribution < -0.4 is 15.2 Å². The van der Waals surface area contributed by atoms with Gasteiger partial charge in [-0.05, 0) is 28.1 Å². The topological polar surface area (TPSA) is 47.7 Å². The van der Waals surface area contributed by atoms with Gasteiger partial charge in [0.2, 0.25) is 0 Å². The summed E-state index contributed by atoms with van der Waals surface area (Å²) in [5, 5.41) is 0. The summed E-state index contributed by atoms with van der Waals surface area (Å²) in [4.78, 5) is 2.29. The Labute approximate surface area is 110 Å². The number of nitrogens with two attached hydrogens (primary N) is 1. The number of methoxy groups -OCH3 is 2. The number of hydrogen-bond donors (Lipinski definition) is 1. The molecular weight excluding hydrogens is 284 g/mol. The molecule has 0 atom stereocenters. The van der Waals surface area contributed by atoms with Crippen molar-refractivity contribution in [2.24, 2.45) is 5.73 Å². The minimum Gasteiger partial charge on any atom is -0.496 e. The molecule has 0 unspecified atom stereocenters. The third-order valence-corrected chi connectivity index (χ3v) is 3.55. The number of likely N-dealkylation sites (tertiary alicyclic amines) is 1. The lowest BCUT2D eigenvalue weighted by molar-refractivity contribution is 0.141. The van der Waals surface area contributed by atoms with Crippen molar-refractivity contribution in [2.45, 2.75) is 12.6 Å². The normalized spacial score (nSPS) is 16.7. The summed E-state index contributed by atoms with van der Waals surface area (Å²) in [6, 6.07) is 4.26. The van der Waals surface area contributed by atoms with Gasteiger partial charge in [-0.15, -0.1) is 0 Å². The first-order valence-electron chi connectivity index (χ1n) is 5.52. The van der Waals surface area contributed by atoms with Crippen LogP contribution in [0.25, 0.3) is 0 Å². The smallest absolute Gasteiger partial charge is 0.133 e. The van der Waals surface area contributed by atoms with E-state index in [0.29, 0.717) is 6.04 Å². The van der Waals surface area contributed by atoms with E-state index in [1.165, 1.54) is 0 Å². The molecule has 0 spiro atoms. The van der Waals surface area contributed by atoms with E-state index in [1.807, 2.05) is 12.1 Å². The Kier molecular flexibility index (Phi) is 3.91. The van der Waals surface area contributed by atoms with E-state index in [4.69, 9.17) is 15.2 Å². The molecule has 2 rings (SSSR count). The first-order chi connectivity index (χ1) is 8.13. The summed E-state index contributed by atoms with van der Waals surface area (Å²) in [5.41, 5.74) is 6.89. The van der Waals surface area contributed by atoms with Gasteiger partial charge in [0.15, 0.2) is 0 Å². The fourth-order valence-electron chi connectivity index (χ4n) is 2.03. The second-order valence-corrected chi connectivity index (χ2v) is 5.11. The molecule has 5 heteroatoms. The quantitative estimate of drug-likeness (QED) is 0.918. The first kappa shape index (κ1) is 12.7. The number of nitrogens with zero attached hydrogens (tertiary/aromatic N) is 1. The highest BCUT2D eigenvalue weighted by Gasteiger charge is 2.24. The highest BCUT2D eigenvalue weighted by molar-refractivity contribution is 9.10. The van der Waals surface area contributed by atoms with E-state index < -0.39 is 0 Å². The second-order valence-electron chi connectivity index (χ2n) is 4.25. The molecule has 4 nitrogen and oxygen atoms in total. The highest BCUT2D eigenvalue weighted by atomic mass is 79.9. The average molecular weight is 301 g/mol. The minimum atomic E-state index is 0.318. The van der Waals surface area contributed by atoms with Gasteiger partial charge in [-0.25, -0.2) is 0 Å². The van der Waals surface area contributed by atoms with Crippen LogP contribution in [0.4, 0.5) is 0 Å². The Morgan fingerprint density at radius 3 is 2.47 bits per heavy atom. The summed E-state index contributed by atoms with van der Waals surface area (Å²) in [6.45, 7) is 2.74. The van der Waals surface area contributed by atoms with Gasteiger partial charge in [0.05, 0.1) is 18.7 Å². The molecule has 0 aromatic heterocycles. The molecule has 0 saturated carbocycles. The lowest BCUT2D eigenvalue weighted by atomic mass is 10.1. The lowest BCUT2D eigenvalue weighted by Crippen LogP contribution is -2.54. The van der Waals surface area contributed by atoms with Crippen LogP contribution in [-0.2, 0) is 6.54 Å². The molecule has 1 aliphatic rings. The van der Waals surface area contributed by atoms with Crippen LogP contribution in [0.2, 0.25) is 0 Å². The number of benzene rings is 1. The maximum absolute atomic E-state index is 5.77. The van der Waals surface area contributed by atoms with Crippen LogP contribution in [0.15, 0.2) is 16.6 Å². The van der Waals surface area contributed by atoms with E-state index in [1.54, 1.807) is 14.2 Å². The standard InChI is InChI=1S/C12H17BrN2O2/c1-16-11-4-10(13)12(17-2)3-8(11)5-15-6-9(14)7-15/h3-4,9H,5-7,14H2,1-2H3. The summed E-state index contributed by atoms with van der Waals surface area (Å²) in [6.07, 6.45) is 0. The predicted molar refractivity (Wildman–Crippen MR) is 70.5 cm³/mol. The lowest BCUT2D eigenvalue weighted by Gasteiger charge is -2.37. The fraction of sp³-hybridized carbons (Fsp3) is 0.500. The SMILES string of the molecule is COc1cc(CN2CC(N)C2)c(OC)cc1Br. The first-order valence-corrected chi connectivity index (χ1v) is 6.31. The van der Waals surface area contributed by atoms with Crippen molar-refractivity contribution in [1.82, 2.24) is 4.90 Å². The summed E-state index contributed by atoms with van der Waals surface area (Å²) >= 11 is 3.45. The Balaban J connectivity index is 2.18. The minimum absolute atomic E-state index is 0.318. The van der Waals surface area contributed by atoms with Crippen molar-refractivity contribution in [1.29, 1.82) is 0 Å². The van der Waals surface area contributed by atoms with Gasteiger partial charge in [0.1, 0.15) is 11.5 Å². The van der Waals surface area contributed by atoms with Crippen molar-refractivity contribution in [3.05, 3.63) is 22.2 Å². The average Bonchev–Trinajstić information content (AvgIpc) is 2.28.